The zero-order valence-electron chi connectivity index (χ0n) is 4.02. The Labute approximate surface area is 41.4 Å². The maximum atomic E-state index is 5.48. The van der Waals surface area contributed by atoms with E-state index in [9.17, 15) is 0 Å². The van der Waals surface area contributed by atoms with Gasteiger partial charge in [-0.2, -0.15) is 0 Å². The monoisotopic (exact) mass is 123 g/mol. The van der Waals surface area contributed by atoms with Crippen molar-refractivity contribution in [2.45, 2.75) is 0 Å². The van der Waals surface area contributed by atoms with Gasteiger partial charge in [0, 0.05) is 0 Å². The number of rotatable bonds is 0. The molecule has 0 aliphatic heterocycles. The van der Waals surface area contributed by atoms with E-state index in [1.54, 1.807) is 0 Å². The van der Waals surface area contributed by atoms with Crippen LogP contribution in [0.4, 0.5) is 0 Å². The molecule has 0 rings (SSSR count). The predicted octanol–water partition coefficient (Wildman–Crippen LogP) is -4.48. The molecule has 0 atom stereocenters. The Bertz CT molecular complexity index is 20.4. The fraction of sp³-hybridized carbons (Fsp3) is 0. The third kappa shape index (κ3) is 92.8. The van der Waals surface area contributed by atoms with Crippen molar-refractivity contribution in [1.82, 2.24) is 0 Å². The van der Waals surface area contributed by atoms with Crippen molar-refractivity contribution in [2.75, 3.05) is 0 Å². The van der Waals surface area contributed by atoms with Crippen LogP contribution in [0.3, 0.4) is 0 Å². The van der Waals surface area contributed by atoms with Crippen LogP contribution >= 0.6 is 0 Å². The van der Waals surface area contributed by atoms with Crippen LogP contribution in [-0.2, 0) is 0 Å². The molecule has 0 aromatic carbocycles. The molecule has 2 nitrogen and oxygen atoms in total. The summed E-state index contributed by atoms with van der Waals surface area (Å²) in [5.74, 6) is 5.48. The van der Waals surface area contributed by atoms with Crippen molar-refractivity contribution < 1.29 is 3.59 Å². The van der Waals surface area contributed by atoms with Gasteiger partial charge < -0.3 is 3.59 Å². The molecule has 0 fully saturated rings. The number of nitrogens with zero attached hydrogens (tertiary/aromatic N) is 1. The van der Waals surface area contributed by atoms with Crippen LogP contribution in [0.5, 0.6) is 0 Å². The Balaban J connectivity index is 3.02. The van der Waals surface area contributed by atoms with Gasteiger partial charge in [-0.25, -0.2) is 5.84 Å². The Morgan fingerprint density at radius 1 is 1.20 bits per heavy atom. The molecule has 0 aromatic rings. The topological polar surface area (TPSA) is 26.0 Å². The van der Waals surface area contributed by atoms with Crippen molar-refractivity contribution in [3.05, 3.63) is 0 Å². The molecule has 0 heterocycles. The fourth-order valence-corrected chi connectivity index (χ4v) is 0. The van der Waals surface area contributed by atoms with Gasteiger partial charge in [0.15, 0.2) is 0 Å². The highest BCUT2D eigenvalue weighted by atomic mass is 28.3. The van der Waals surface area contributed by atoms with E-state index in [-0.39, 0.29) is 0 Å². The lowest BCUT2D eigenvalue weighted by molar-refractivity contribution is -0.567. The maximum absolute atomic E-state index is 5.48. The fourth-order valence-electron chi connectivity index (χ4n) is 0. The zero-order valence-corrected chi connectivity index (χ0v) is 10.0. The first-order valence-corrected chi connectivity index (χ1v) is 4.28. The summed E-state index contributed by atoms with van der Waals surface area (Å²) < 4.78 is 0.917. The van der Waals surface area contributed by atoms with Crippen LogP contribution in [0.15, 0.2) is 0 Å². The van der Waals surface area contributed by atoms with Gasteiger partial charge in [-0.15, -0.1) is 0 Å². The second kappa shape index (κ2) is 1.35. The Kier molecular flexibility index (Phi) is 1.50. The molecule has 0 bridgehead atoms. The average Bonchev–Trinajstić information content (AvgIpc) is 0.722. The highest BCUT2D eigenvalue weighted by Gasteiger charge is 1.86. The lowest BCUT2D eigenvalue weighted by atomic mass is 12.9. The SMILES string of the molecule is N[N+]([SiH3])([SiH3])[SiH3]. The third-order valence-corrected chi connectivity index (χ3v) is 0. The van der Waals surface area contributed by atoms with Gasteiger partial charge in [0.25, 0.3) is 0 Å². The van der Waals surface area contributed by atoms with E-state index in [1.165, 1.54) is 0 Å². The Morgan fingerprint density at radius 3 is 1.20 bits per heavy atom. The van der Waals surface area contributed by atoms with Crippen LogP contribution in [0, 0.1) is 0 Å². The first-order chi connectivity index (χ1) is 2.00. The first kappa shape index (κ1) is 5.57. The average molecular weight is 123 g/mol. The molecule has 0 aliphatic carbocycles. The summed E-state index contributed by atoms with van der Waals surface area (Å²) >= 11 is 0. The van der Waals surface area contributed by atoms with Crippen molar-refractivity contribution in [1.29, 1.82) is 0 Å². The third-order valence-electron chi connectivity index (χ3n) is 0. The minimum atomic E-state index is 0.917. The van der Waals surface area contributed by atoms with Crippen LogP contribution in [0.25, 0.3) is 0 Å². The van der Waals surface area contributed by atoms with Crippen molar-refractivity contribution >= 4 is 31.2 Å². The molecule has 0 radical (unpaired) electrons. The molecule has 5 heteroatoms. The normalized spacial score (nSPS) is 23.4. The van der Waals surface area contributed by atoms with Gasteiger partial charge in [-0.3, -0.25) is 0 Å². The molecule has 0 saturated carbocycles. The molecule has 0 unspecified atom stereocenters. The van der Waals surface area contributed by atoms with E-state index in [2.05, 4.69) is 0 Å². The number of hydrogen-bond acceptors (Lipinski definition) is 1. The smallest absolute Gasteiger partial charge is 0.222 e. The molecular weight excluding hydrogens is 112 g/mol. The second-order valence-corrected chi connectivity index (χ2v) is 14.4. The van der Waals surface area contributed by atoms with Crippen LogP contribution in [-0.4, -0.2) is 34.8 Å². The van der Waals surface area contributed by atoms with Crippen LogP contribution in [0.1, 0.15) is 0 Å². The molecule has 0 saturated heterocycles. The predicted molar refractivity (Wildman–Crippen MR) is 34.3 cm³/mol. The van der Waals surface area contributed by atoms with Gasteiger partial charge in [0.05, 0.1) is 0 Å². The van der Waals surface area contributed by atoms with E-state index in [0.717, 1.165) is 34.8 Å². The van der Waals surface area contributed by atoms with Gasteiger partial charge in [-0.05, 0) is 0 Å². The molecule has 0 aliphatic rings. The highest BCUT2D eigenvalue weighted by Crippen LogP contribution is 1.58. The largest absolute Gasteiger partial charge is 0.448 e. The van der Waals surface area contributed by atoms with Crippen molar-refractivity contribution in [3.8, 4) is 0 Å². The summed E-state index contributed by atoms with van der Waals surface area (Å²) in [5, 5.41) is 0. The lowest BCUT2D eigenvalue weighted by Gasteiger charge is -2.20. The Hall–Kier alpha value is 0.571. The highest BCUT2D eigenvalue weighted by molar-refractivity contribution is 6.28. The van der Waals surface area contributed by atoms with Crippen molar-refractivity contribution in [3.63, 3.8) is 0 Å². The summed E-state index contributed by atoms with van der Waals surface area (Å²) in [6.45, 7) is 0. The molecular formula is H11N2Si3+. The minimum absolute atomic E-state index is 0.917. The van der Waals surface area contributed by atoms with Crippen LogP contribution in [0.2, 0.25) is 0 Å². The quantitative estimate of drug-likeness (QED) is 0.196. The van der Waals surface area contributed by atoms with E-state index in [0.29, 0.717) is 0 Å². The van der Waals surface area contributed by atoms with Gasteiger partial charge in [0.2, 0.25) is 31.2 Å². The maximum Gasteiger partial charge on any atom is 0.222 e. The standard InChI is InChI=1S/H11N2Si3/c1-2(3,4)5/h1H2,3-5H3/q+1. The number of nitrogens with two attached hydrogens (primary N) is 1. The molecule has 0 spiro atoms. The summed E-state index contributed by atoms with van der Waals surface area (Å²) in [4.78, 5) is 0. The molecule has 2 N–H and O–H groups in total. The van der Waals surface area contributed by atoms with Gasteiger partial charge in [0.1, 0.15) is 0 Å². The summed E-state index contributed by atoms with van der Waals surface area (Å²) in [7, 11) is 3.44. The van der Waals surface area contributed by atoms with Crippen molar-refractivity contribution in [2.24, 2.45) is 5.84 Å². The number of quaternary nitrogens is 1. The van der Waals surface area contributed by atoms with E-state index < -0.39 is 0 Å². The summed E-state index contributed by atoms with van der Waals surface area (Å²) in [5.41, 5.74) is 0. The Morgan fingerprint density at radius 2 is 1.20 bits per heavy atom. The second-order valence-electron chi connectivity index (χ2n) is 2.12. The molecule has 32 valence electrons. The minimum Gasteiger partial charge on any atom is -0.448 e. The van der Waals surface area contributed by atoms with Crippen LogP contribution < -0.4 is 5.84 Å². The molecule has 5 heavy (non-hydrogen) atoms. The van der Waals surface area contributed by atoms with E-state index in [1.807, 2.05) is 0 Å². The van der Waals surface area contributed by atoms with Gasteiger partial charge in [-0.1, -0.05) is 0 Å². The summed E-state index contributed by atoms with van der Waals surface area (Å²) in [6, 6.07) is 0. The first-order valence-electron chi connectivity index (χ1n) is 1.60. The van der Waals surface area contributed by atoms with Gasteiger partial charge >= 0.3 is 0 Å². The molecule has 0 aromatic heterocycles. The molecule has 0 amide bonds. The number of hydrogen-bond donors (Lipinski definition) is 1. The van der Waals surface area contributed by atoms with E-state index >= 15 is 0 Å². The zero-order chi connectivity index (χ0) is 4.50. The van der Waals surface area contributed by atoms with E-state index in [4.69, 9.17) is 5.84 Å². The lowest BCUT2D eigenvalue weighted by Crippen LogP contribution is -2.47. The summed E-state index contributed by atoms with van der Waals surface area (Å²) in [6.07, 6.45) is 0.